The van der Waals surface area contributed by atoms with Crippen molar-refractivity contribution in [3.63, 3.8) is 0 Å². The SMILES string of the molecule is Cc1nc(OCC2CN(C=O)C2)c(C)c2c1CC(C=O)C2. The van der Waals surface area contributed by atoms with E-state index in [1.54, 1.807) is 4.90 Å². The molecule has 0 aromatic carbocycles. The van der Waals surface area contributed by atoms with Crippen molar-refractivity contribution >= 4 is 12.7 Å². The normalized spacial score (nSPS) is 20.9. The number of aromatic nitrogens is 1. The topological polar surface area (TPSA) is 59.5 Å². The quantitative estimate of drug-likeness (QED) is 0.761. The molecule has 1 atom stereocenters. The fourth-order valence-electron chi connectivity index (χ4n) is 3.26. The van der Waals surface area contributed by atoms with Crippen LogP contribution in [-0.2, 0) is 22.4 Å². The van der Waals surface area contributed by atoms with Gasteiger partial charge in [0.05, 0.1) is 6.61 Å². The molecule has 0 bridgehead atoms. The summed E-state index contributed by atoms with van der Waals surface area (Å²) >= 11 is 0. The lowest BCUT2D eigenvalue weighted by atomic mass is 10.0. The molecule has 112 valence electrons. The molecule has 1 aromatic rings. The van der Waals surface area contributed by atoms with Gasteiger partial charge in [-0.05, 0) is 37.8 Å². The smallest absolute Gasteiger partial charge is 0.216 e. The summed E-state index contributed by atoms with van der Waals surface area (Å²) in [6, 6.07) is 0. The molecule has 3 rings (SSSR count). The highest BCUT2D eigenvalue weighted by molar-refractivity contribution is 5.60. The Hall–Kier alpha value is -1.91. The van der Waals surface area contributed by atoms with E-state index in [9.17, 15) is 9.59 Å². The first-order valence-corrected chi connectivity index (χ1v) is 7.38. The fraction of sp³-hybridized carbons (Fsp3) is 0.562. The molecule has 2 aliphatic rings. The number of aryl methyl sites for hydroxylation is 1. The molecule has 1 saturated heterocycles. The molecule has 0 N–H and O–H groups in total. The van der Waals surface area contributed by atoms with Gasteiger partial charge in [0, 0.05) is 36.2 Å². The van der Waals surface area contributed by atoms with E-state index in [4.69, 9.17) is 4.74 Å². The summed E-state index contributed by atoms with van der Waals surface area (Å²) in [5.74, 6) is 1.16. The van der Waals surface area contributed by atoms with Crippen LogP contribution in [0.5, 0.6) is 5.88 Å². The van der Waals surface area contributed by atoms with Crippen LogP contribution in [0.4, 0.5) is 0 Å². The Bertz CT molecular complexity index is 579. The van der Waals surface area contributed by atoms with Crippen molar-refractivity contribution in [1.29, 1.82) is 0 Å². The summed E-state index contributed by atoms with van der Waals surface area (Å²) in [7, 11) is 0. The van der Waals surface area contributed by atoms with Crippen LogP contribution >= 0.6 is 0 Å². The third-order valence-electron chi connectivity index (χ3n) is 4.56. The van der Waals surface area contributed by atoms with Crippen LogP contribution in [0.3, 0.4) is 0 Å². The predicted molar refractivity (Wildman–Crippen MR) is 77.3 cm³/mol. The molecule has 1 amide bonds. The molecule has 1 aliphatic heterocycles. The standard InChI is InChI=1S/C16H20N2O3/c1-10-14-3-12(7-19)4-15(14)11(2)17-16(10)21-8-13-5-18(6-13)9-20/h7,9,12-13H,3-6,8H2,1-2H3. The molecule has 1 fully saturated rings. The zero-order valence-corrected chi connectivity index (χ0v) is 12.5. The third kappa shape index (κ3) is 2.52. The van der Waals surface area contributed by atoms with Gasteiger partial charge in [-0.3, -0.25) is 4.79 Å². The first kappa shape index (κ1) is 14.0. The van der Waals surface area contributed by atoms with Crippen LogP contribution in [-0.4, -0.2) is 42.3 Å². The molecular formula is C16H20N2O3. The van der Waals surface area contributed by atoms with Crippen LogP contribution in [0.2, 0.25) is 0 Å². The molecule has 2 heterocycles. The number of nitrogens with zero attached hydrogens (tertiary/aromatic N) is 2. The van der Waals surface area contributed by atoms with Gasteiger partial charge in [-0.15, -0.1) is 0 Å². The molecule has 21 heavy (non-hydrogen) atoms. The van der Waals surface area contributed by atoms with Gasteiger partial charge in [-0.2, -0.15) is 0 Å². The van der Waals surface area contributed by atoms with Crippen LogP contribution in [0.25, 0.3) is 0 Å². The first-order chi connectivity index (χ1) is 10.1. The minimum Gasteiger partial charge on any atom is -0.477 e. The number of pyridine rings is 1. The average molecular weight is 288 g/mol. The van der Waals surface area contributed by atoms with Gasteiger partial charge in [-0.25, -0.2) is 4.98 Å². The number of hydrogen-bond donors (Lipinski definition) is 0. The van der Waals surface area contributed by atoms with Crippen molar-refractivity contribution in [3.8, 4) is 5.88 Å². The second-order valence-corrected chi connectivity index (χ2v) is 6.13. The Kier molecular flexibility index (Phi) is 3.66. The van der Waals surface area contributed by atoms with E-state index in [1.165, 1.54) is 11.1 Å². The van der Waals surface area contributed by atoms with Crippen LogP contribution in [0.15, 0.2) is 0 Å². The molecule has 5 nitrogen and oxygen atoms in total. The minimum absolute atomic E-state index is 0.0854. The number of carbonyl (C=O) groups excluding carboxylic acids is 2. The fourth-order valence-corrected chi connectivity index (χ4v) is 3.26. The van der Waals surface area contributed by atoms with Gasteiger partial charge < -0.3 is 14.4 Å². The Morgan fingerprint density at radius 1 is 1.24 bits per heavy atom. The molecule has 1 unspecified atom stereocenters. The van der Waals surface area contributed by atoms with Crippen molar-refractivity contribution in [2.75, 3.05) is 19.7 Å². The van der Waals surface area contributed by atoms with Crippen molar-refractivity contribution in [2.45, 2.75) is 26.7 Å². The number of carbonyl (C=O) groups is 2. The number of fused-ring (bicyclic) bond motifs is 1. The summed E-state index contributed by atoms with van der Waals surface area (Å²) in [5.41, 5.74) is 4.48. The van der Waals surface area contributed by atoms with Crippen molar-refractivity contribution in [3.05, 3.63) is 22.4 Å². The second-order valence-electron chi connectivity index (χ2n) is 6.13. The van der Waals surface area contributed by atoms with Crippen LogP contribution in [0, 0.1) is 25.7 Å². The number of amides is 1. The van der Waals surface area contributed by atoms with E-state index in [0.29, 0.717) is 18.4 Å². The van der Waals surface area contributed by atoms with E-state index in [-0.39, 0.29) is 5.92 Å². The predicted octanol–water partition coefficient (Wildman–Crippen LogP) is 1.08. The zero-order chi connectivity index (χ0) is 15.0. The zero-order valence-electron chi connectivity index (χ0n) is 12.5. The Morgan fingerprint density at radius 3 is 2.62 bits per heavy atom. The van der Waals surface area contributed by atoms with Crippen molar-refractivity contribution in [1.82, 2.24) is 9.88 Å². The Balaban J connectivity index is 1.71. The maximum atomic E-state index is 11.0. The van der Waals surface area contributed by atoms with Gasteiger partial charge in [0.25, 0.3) is 0 Å². The lowest BCUT2D eigenvalue weighted by Crippen LogP contribution is -2.48. The highest BCUT2D eigenvalue weighted by Crippen LogP contribution is 2.34. The maximum Gasteiger partial charge on any atom is 0.216 e. The van der Waals surface area contributed by atoms with Crippen molar-refractivity contribution in [2.24, 2.45) is 11.8 Å². The summed E-state index contributed by atoms with van der Waals surface area (Å²) in [4.78, 5) is 27.9. The van der Waals surface area contributed by atoms with E-state index in [0.717, 1.165) is 49.9 Å². The molecule has 0 radical (unpaired) electrons. The summed E-state index contributed by atoms with van der Waals surface area (Å²) < 4.78 is 5.87. The third-order valence-corrected chi connectivity index (χ3v) is 4.56. The number of rotatable bonds is 5. The lowest BCUT2D eigenvalue weighted by molar-refractivity contribution is -0.124. The number of aldehydes is 1. The average Bonchev–Trinajstić information content (AvgIpc) is 2.87. The van der Waals surface area contributed by atoms with Crippen LogP contribution in [0.1, 0.15) is 22.4 Å². The van der Waals surface area contributed by atoms with E-state index in [2.05, 4.69) is 4.98 Å². The molecule has 1 aliphatic carbocycles. The highest BCUT2D eigenvalue weighted by Gasteiger charge is 2.29. The Morgan fingerprint density at radius 2 is 1.95 bits per heavy atom. The number of ether oxygens (including phenoxy) is 1. The van der Waals surface area contributed by atoms with E-state index < -0.39 is 0 Å². The largest absolute Gasteiger partial charge is 0.477 e. The maximum absolute atomic E-state index is 11.0. The van der Waals surface area contributed by atoms with Gasteiger partial charge in [0.2, 0.25) is 12.3 Å². The van der Waals surface area contributed by atoms with Gasteiger partial charge in [0.15, 0.2) is 0 Å². The molecule has 0 spiro atoms. The van der Waals surface area contributed by atoms with Crippen LogP contribution < -0.4 is 4.74 Å². The van der Waals surface area contributed by atoms with Gasteiger partial charge in [0.1, 0.15) is 6.29 Å². The summed E-state index contributed by atoms with van der Waals surface area (Å²) in [6.07, 6.45) is 3.52. The first-order valence-electron chi connectivity index (χ1n) is 7.38. The number of hydrogen-bond acceptors (Lipinski definition) is 4. The van der Waals surface area contributed by atoms with E-state index in [1.807, 2.05) is 13.8 Å². The lowest BCUT2D eigenvalue weighted by Gasteiger charge is -2.35. The van der Waals surface area contributed by atoms with Gasteiger partial charge >= 0.3 is 0 Å². The second kappa shape index (κ2) is 5.47. The molecule has 5 heteroatoms. The van der Waals surface area contributed by atoms with Gasteiger partial charge in [-0.1, -0.05) is 0 Å². The van der Waals surface area contributed by atoms with Crippen molar-refractivity contribution < 1.29 is 14.3 Å². The Labute approximate surface area is 124 Å². The molecule has 0 saturated carbocycles. The molecular weight excluding hydrogens is 268 g/mol. The monoisotopic (exact) mass is 288 g/mol. The number of likely N-dealkylation sites (tertiary alicyclic amines) is 1. The van der Waals surface area contributed by atoms with E-state index >= 15 is 0 Å². The summed E-state index contributed by atoms with van der Waals surface area (Å²) in [6.45, 7) is 6.12. The summed E-state index contributed by atoms with van der Waals surface area (Å²) in [5, 5.41) is 0. The minimum atomic E-state index is 0.0854. The highest BCUT2D eigenvalue weighted by atomic mass is 16.5. The molecule has 1 aromatic heterocycles.